The van der Waals surface area contributed by atoms with Crippen molar-refractivity contribution in [3.05, 3.63) is 35.9 Å². The SMILES string of the molecule is CCOC(=O)C(=O)NC1CNCCC1c1ccccc1. The van der Waals surface area contributed by atoms with E-state index >= 15 is 0 Å². The molecule has 2 rings (SSSR count). The zero-order valence-corrected chi connectivity index (χ0v) is 11.6. The summed E-state index contributed by atoms with van der Waals surface area (Å²) in [6, 6.07) is 9.96. The minimum absolute atomic E-state index is 0.0944. The lowest BCUT2D eigenvalue weighted by molar-refractivity contribution is -0.155. The van der Waals surface area contributed by atoms with Gasteiger partial charge in [-0.25, -0.2) is 4.79 Å². The van der Waals surface area contributed by atoms with Crippen LogP contribution in [0, 0.1) is 0 Å². The Hall–Kier alpha value is -1.88. The Balaban J connectivity index is 2.04. The van der Waals surface area contributed by atoms with E-state index in [1.54, 1.807) is 6.92 Å². The highest BCUT2D eigenvalue weighted by molar-refractivity contribution is 6.32. The highest BCUT2D eigenvalue weighted by atomic mass is 16.5. The van der Waals surface area contributed by atoms with Crippen molar-refractivity contribution >= 4 is 11.9 Å². The number of piperidine rings is 1. The molecule has 1 aromatic rings. The molecule has 2 N–H and O–H groups in total. The standard InChI is InChI=1S/C15H20N2O3/c1-2-20-15(19)14(18)17-13-10-16-9-8-12(13)11-6-4-3-5-7-11/h3-7,12-13,16H,2,8-10H2,1H3,(H,17,18). The number of hydrogen-bond donors (Lipinski definition) is 2. The topological polar surface area (TPSA) is 67.4 Å². The quantitative estimate of drug-likeness (QED) is 0.633. The van der Waals surface area contributed by atoms with E-state index in [1.807, 2.05) is 18.2 Å². The lowest BCUT2D eigenvalue weighted by Gasteiger charge is -2.32. The first-order valence-electron chi connectivity index (χ1n) is 6.95. The van der Waals surface area contributed by atoms with Crippen LogP contribution in [0.1, 0.15) is 24.8 Å². The second-order valence-corrected chi connectivity index (χ2v) is 4.81. The van der Waals surface area contributed by atoms with Crippen LogP contribution < -0.4 is 10.6 Å². The number of nitrogens with one attached hydrogen (secondary N) is 2. The molecule has 1 aliphatic rings. The molecule has 1 aliphatic heterocycles. The van der Waals surface area contributed by atoms with Crippen LogP contribution in [0.15, 0.2) is 30.3 Å². The Bertz CT molecular complexity index is 461. The van der Waals surface area contributed by atoms with Gasteiger partial charge in [0.2, 0.25) is 0 Å². The van der Waals surface area contributed by atoms with Gasteiger partial charge in [-0.1, -0.05) is 30.3 Å². The number of ether oxygens (including phenoxy) is 1. The fourth-order valence-corrected chi connectivity index (χ4v) is 2.53. The molecule has 0 aromatic heterocycles. The second-order valence-electron chi connectivity index (χ2n) is 4.81. The number of esters is 1. The molecule has 5 nitrogen and oxygen atoms in total. The summed E-state index contributed by atoms with van der Waals surface area (Å²) in [5.41, 5.74) is 1.18. The average Bonchev–Trinajstić information content (AvgIpc) is 2.49. The highest BCUT2D eigenvalue weighted by Gasteiger charge is 2.29. The zero-order chi connectivity index (χ0) is 14.4. The van der Waals surface area contributed by atoms with Crippen molar-refractivity contribution < 1.29 is 14.3 Å². The molecular weight excluding hydrogens is 256 g/mol. The summed E-state index contributed by atoms with van der Waals surface area (Å²) in [7, 11) is 0. The highest BCUT2D eigenvalue weighted by Crippen LogP contribution is 2.25. The summed E-state index contributed by atoms with van der Waals surface area (Å²) in [5.74, 6) is -1.26. The monoisotopic (exact) mass is 276 g/mol. The van der Waals surface area contributed by atoms with Gasteiger partial charge in [-0.15, -0.1) is 0 Å². The number of carbonyl (C=O) groups is 2. The van der Waals surface area contributed by atoms with E-state index in [9.17, 15) is 9.59 Å². The Morgan fingerprint density at radius 3 is 2.80 bits per heavy atom. The average molecular weight is 276 g/mol. The largest absolute Gasteiger partial charge is 0.459 e. The third kappa shape index (κ3) is 3.57. The van der Waals surface area contributed by atoms with Gasteiger partial charge >= 0.3 is 11.9 Å². The summed E-state index contributed by atoms with van der Waals surface area (Å²) >= 11 is 0. The lowest BCUT2D eigenvalue weighted by Crippen LogP contribution is -2.51. The molecule has 1 aromatic carbocycles. The van der Waals surface area contributed by atoms with E-state index in [0.717, 1.165) is 13.0 Å². The van der Waals surface area contributed by atoms with Gasteiger partial charge in [0.25, 0.3) is 0 Å². The molecule has 1 heterocycles. The van der Waals surface area contributed by atoms with Crippen LogP contribution in [-0.4, -0.2) is 37.6 Å². The van der Waals surface area contributed by atoms with Crippen LogP contribution in [0.25, 0.3) is 0 Å². The van der Waals surface area contributed by atoms with Crippen LogP contribution in [0.4, 0.5) is 0 Å². The molecule has 1 saturated heterocycles. The Morgan fingerprint density at radius 2 is 2.10 bits per heavy atom. The molecule has 2 atom stereocenters. The molecule has 0 bridgehead atoms. The third-order valence-electron chi connectivity index (χ3n) is 3.49. The van der Waals surface area contributed by atoms with Crippen molar-refractivity contribution in [3.63, 3.8) is 0 Å². The van der Waals surface area contributed by atoms with Gasteiger partial charge in [-0.05, 0) is 25.5 Å². The molecule has 1 amide bonds. The molecule has 0 aliphatic carbocycles. The van der Waals surface area contributed by atoms with Gasteiger partial charge in [0.1, 0.15) is 0 Å². The third-order valence-corrected chi connectivity index (χ3v) is 3.49. The predicted molar refractivity (Wildman–Crippen MR) is 75.2 cm³/mol. The predicted octanol–water partition coefficient (Wildman–Crippen LogP) is 0.811. The van der Waals surface area contributed by atoms with E-state index in [-0.39, 0.29) is 18.6 Å². The van der Waals surface area contributed by atoms with E-state index in [1.165, 1.54) is 5.56 Å². The van der Waals surface area contributed by atoms with Crippen LogP contribution in [0.5, 0.6) is 0 Å². The van der Waals surface area contributed by atoms with Crippen LogP contribution in [0.2, 0.25) is 0 Å². The van der Waals surface area contributed by atoms with Gasteiger partial charge in [0, 0.05) is 18.5 Å². The van der Waals surface area contributed by atoms with Gasteiger partial charge in [-0.2, -0.15) is 0 Å². The van der Waals surface area contributed by atoms with Gasteiger partial charge in [-0.3, -0.25) is 4.79 Å². The maximum absolute atomic E-state index is 11.8. The first-order chi connectivity index (χ1) is 9.72. The fraction of sp³-hybridized carbons (Fsp3) is 0.467. The fourth-order valence-electron chi connectivity index (χ4n) is 2.53. The normalized spacial score (nSPS) is 22.1. The molecule has 2 unspecified atom stereocenters. The molecule has 5 heteroatoms. The molecule has 0 spiro atoms. The maximum Gasteiger partial charge on any atom is 0.396 e. The minimum atomic E-state index is -0.815. The van der Waals surface area contributed by atoms with E-state index < -0.39 is 11.9 Å². The smallest absolute Gasteiger partial charge is 0.396 e. The Kier molecular flexibility index (Phi) is 5.12. The van der Waals surface area contributed by atoms with Crippen molar-refractivity contribution in [1.29, 1.82) is 0 Å². The molecule has 0 radical (unpaired) electrons. The number of rotatable bonds is 3. The lowest BCUT2D eigenvalue weighted by atomic mass is 9.86. The van der Waals surface area contributed by atoms with Crippen LogP contribution >= 0.6 is 0 Å². The van der Waals surface area contributed by atoms with Crippen molar-refractivity contribution in [2.24, 2.45) is 0 Å². The molecular formula is C15H20N2O3. The van der Waals surface area contributed by atoms with Crippen LogP contribution in [-0.2, 0) is 14.3 Å². The van der Waals surface area contributed by atoms with E-state index in [2.05, 4.69) is 22.8 Å². The van der Waals surface area contributed by atoms with Crippen LogP contribution in [0.3, 0.4) is 0 Å². The van der Waals surface area contributed by atoms with Gasteiger partial charge < -0.3 is 15.4 Å². The molecule has 0 saturated carbocycles. The Labute approximate surface area is 118 Å². The molecule has 20 heavy (non-hydrogen) atoms. The first kappa shape index (κ1) is 14.5. The molecule has 1 fully saturated rings. The van der Waals surface area contributed by atoms with E-state index in [4.69, 9.17) is 4.74 Å². The van der Waals surface area contributed by atoms with Gasteiger partial charge in [0.05, 0.1) is 6.61 Å². The number of amides is 1. The zero-order valence-electron chi connectivity index (χ0n) is 11.6. The summed E-state index contributed by atoms with van der Waals surface area (Å²) in [4.78, 5) is 23.2. The maximum atomic E-state index is 11.8. The minimum Gasteiger partial charge on any atom is -0.459 e. The number of carbonyl (C=O) groups excluding carboxylic acids is 2. The number of benzene rings is 1. The second kappa shape index (κ2) is 7.05. The summed E-state index contributed by atoms with van der Waals surface area (Å²) in [5, 5.41) is 6.02. The summed E-state index contributed by atoms with van der Waals surface area (Å²) in [6.45, 7) is 3.45. The van der Waals surface area contributed by atoms with Gasteiger partial charge in [0.15, 0.2) is 0 Å². The summed E-state index contributed by atoms with van der Waals surface area (Å²) < 4.78 is 4.71. The van der Waals surface area contributed by atoms with E-state index in [0.29, 0.717) is 6.54 Å². The van der Waals surface area contributed by atoms with Crippen molar-refractivity contribution in [2.45, 2.75) is 25.3 Å². The first-order valence-corrected chi connectivity index (χ1v) is 6.95. The Morgan fingerprint density at radius 1 is 1.35 bits per heavy atom. The van der Waals surface area contributed by atoms with Crippen molar-refractivity contribution in [3.8, 4) is 0 Å². The number of hydrogen-bond acceptors (Lipinski definition) is 4. The summed E-state index contributed by atoms with van der Waals surface area (Å²) in [6.07, 6.45) is 0.928. The molecule has 108 valence electrons. The van der Waals surface area contributed by atoms with Crippen molar-refractivity contribution in [2.75, 3.05) is 19.7 Å². The van der Waals surface area contributed by atoms with Crippen molar-refractivity contribution in [1.82, 2.24) is 10.6 Å².